The van der Waals surface area contributed by atoms with Gasteiger partial charge < -0.3 is 29.0 Å². The number of carbonyl (C=O) groups is 1. The molecule has 0 fully saturated rings. The molecular weight excluding hydrogens is 340 g/mol. The second-order valence-corrected chi connectivity index (χ2v) is 5.60. The number of benzene rings is 1. The van der Waals surface area contributed by atoms with Gasteiger partial charge in [0.05, 0.1) is 0 Å². The number of carbonyl (C=O) groups excluding carboxylic acids is 1. The van der Waals surface area contributed by atoms with Crippen molar-refractivity contribution in [1.82, 2.24) is 20.4 Å². The van der Waals surface area contributed by atoms with Crippen LogP contribution in [-0.2, 0) is 6.61 Å². The average molecular weight is 362 g/mol. The Hall–Kier alpha value is -2.81. The number of nitrogens with zero attached hydrogens (tertiary/aromatic N) is 3. The highest BCUT2D eigenvalue weighted by Gasteiger charge is 2.17. The van der Waals surface area contributed by atoms with Crippen LogP contribution in [0.5, 0.6) is 17.2 Å². The molecule has 0 spiro atoms. The summed E-state index contributed by atoms with van der Waals surface area (Å²) < 4.78 is 21.1. The number of nitrogens with one attached hydrogen (secondary N) is 1. The molecule has 26 heavy (non-hydrogen) atoms. The van der Waals surface area contributed by atoms with E-state index in [0.717, 1.165) is 19.6 Å². The van der Waals surface area contributed by atoms with Crippen LogP contribution in [-0.4, -0.2) is 53.9 Å². The fraction of sp³-hybridized carbons (Fsp3) is 0.471. The molecule has 0 saturated carbocycles. The number of amides is 1. The summed E-state index contributed by atoms with van der Waals surface area (Å²) in [5.41, 5.74) is 0. The molecule has 140 valence electrons. The zero-order valence-corrected chi connectivity index (χ0v) is 14.9. The van der Waals surface area contributed by atoms with Crippen LogP contribution < -0.4 is 19.5 Å². The molecule has 2 heterocycles. The van der Waals surface area contributed by atoms with Crippen molar-refractivity contribution in [2.75, 3.05) is 33.0 Å². The lowest BCUT2D eigenvalue weighted by molar-refractivity contribution is 0.0905. The minimum atomic E-state index is -0.390. The second-order valence-electron chi connectivity index (χ2n) is 5.60. The van der Waals surface area contributed by atoms with E-state index in [4.69, 9.17) is 18.7 Å². The van der Waals surface area contributed by atoms with Crippen LogP contribution in [0.15, 0.2) is 22.7 Å². The van der Waals surface area contributed by atoms with Gasteiger partial charge in [-0.05, 0) is 25.2 Å². The van der Waals surface area contributed by atoms with Crippen molar-refractivity contribution in [3.05, 3.63) is 29.9 Å². The number of likely N-dealkylation sites (N-methyl/N-ethyl adjacent to an activating group) is 1. The van der Waals surface area contributed by atoms with Crippen molar-refractivity contribution in [3.8, 4) is 17.2 Å². The van der Waals surface area contributed by atoms with E-state index in [1.165, 1.54) is 0 Å². The number of ether oxygens (including phenoxy) is 3. The third-order valence-electron chi connectivity index (χ3n) is 3.98. The number of rotatable bonds is 9. The Balaban J connectivity index is 1.47. The number of aromatic nitrogens is 2. The van der Waals surface area contributed by atoms with E-state index >= 15 is 0 Å². The van der Waals surface area contributed by atoms with Crippen LogP contribution in [0.3, 0.4) is 0 Å². The number of fused-ring (bicyclic) bond motifs is 1. The molecule has 0 saturated heterocycles. The minimum Gasteiger partial charge on any atom is -0.485 e. The summed E-state index contributed by atoms with van der Waals surface area (Å²) in [6.07, 6.45) is 0. The zero-order chi connectivity index (χ0) is 18.4. The molecular formula is C17H22N4O5. The molecule has 1 aliphatic heterocycles. The second kappa shape index (κ2) is 8.52. The van der Waals surface area contributed by atoms with Gasteiger partial charge in [0.25, 0.3) is 0 Å². The average Bonchev–Trinajstić information content (AvgIpc) is 3.32. The van der Waals surface area contributed by atoms with Crippen molar-refractivity contribution >= 4 is 5.91 Å². The molecule has 0 radical (unpaired) electrons. The molecule has 9 heteroatoms. The van der Waals surface area contributed by atoms with Crippen molar-refractivity contribution in [2.45, 2.75) is 20.5 Å². The quantitative estimate of drug-likeness (QED) is 0.716. The predicted molar refractivity (Wildman–Crippen MR) is 91.3 cm³/mol. The minimum absolute atomic E-state index is 0.0752. The molecule has 1 amide bonds. The first kappa shape index (κ1) is 18.0. The first-order valence-electron chi connectivity index (χ1n) is 8.55. The Bertz CT molecular complexity index is 745. The molecule has 0 bridgehead atoms. The van der Waals surface area contributed by atoms with Gasteiger partial charge in [0.1, 0.15) is 5.75 Å². The van der Waals surface area contributed by atoms with Gasteiger partial charge in [0, 0.05) is 19.2 Å². The van der Waals surface area contributed by atoms with E-state index in [1.54, 1.807) is 18.2 Å². The van der Waals surface area contributed by atoms with Gasteiger partial charge in [-0.2, -0.15) is 4.98 Å². The fourth-order valence-corrected chi connectivity index (χ4v) is 2.46. The van der Waals surface area contributed by atoms with Crippen LogP contribution in [0, 0.1) is 0 Å². The monoisotopic (exact) mass is 362 g/mol. The zero-order valence-electron chi connectivity index (χ0n) is 14.9. The smallest absolute Gasteiger partial charge is 0.316 e. The van der Waals surface area contributed by atoms with Crippen LogP contribution in [0.25, 0.3) is 0 Å². The Labute approximate surface area is 151 Å². The highest BCUT2D eigenvalue weighted by Crippen LogP contribution is 2.35. The molecule has 1 aliphatic rings. The van der Waals surface area contributed by atoms with E-state index < -0.39 is 0 Å². The predicted octanol–water partition coefficient (Wildman–Crippen LogP) is 1.45. The maximum atomic E-state index is 12.0. The molecule has 0 aliphatic carbocycles. The largest absolute Gasteiger partial charge is 0.485 e. The maximum absolute atomic E-state index is 12.0. The standard InChI is InChI=1S/C17H22N4O5/c1-3-21(4-2)8-7-18-16(22)17-19-15(20-26-17)10-23-12-5-6-13-14(9-12)25-11-24-13/h5-6,9H,3-4,7-8,10-11H2,1-2H3,(H,18,22). The summed E-state index contributed by atoms with van der Waals surface area (Å²) in [5.74, 6) is 1.72. The summed E-state index contributed by atoms with van der Waals surface area (Å²) in [4.78, 5) is 18.3. The molecule has 0 unspecified atom stereocenters. The third-order valence-corrected chi connectivity index (χ3v) is 3.98. The molecule has 9 nitrogen and oxygen atoms in total. The molecule has 1 aromatic heterocycles. The van der Waals surface area contributed by atoms with Gasteiger partial charge in [0.15, 0.2) is 18.1 Å². The van der Waals surface area contributed by atoms with Gasteiger partial charge in [-0.1, -0.05) is 19.0 Å². The van der Waals surface area contributed by atoms with Crippen LogP contribution >= 0.6 is 0 Å². The van der Waals surface area contributed by atoms with Gasteiger partial charge in [-0.25, -0.2) is 0 Å². The molecule has 0 atom stereocenters. The van der Waals surface area contributed by atoms with E-state index in [0.29, 0.717) is 23.8 Å². The SMILES string of the molecule is CCN(CC)CCNC(=O)c1nc(COc2ccc3c(c2)OCO3)no1. The van der Waals surface area contributed by atoms with Crippen molar-refractivity contribution in [1.29, 1.82) is 0 Å². The van der Waals surface area contributed by atoms with Gasteiger partial charge in [0.2, 0.25) is 12.6 Å². The fourth-order valence-electron chi connectivity index (χ4n) is 2.46. The summed E-state index contributed by atoms with van der Waals surface area (Å²) in [6.45, 7) is 7.61. The lowest BCUT2D eigenvalue weighted by Crippen LogP contribution is -2.34. The van der Waals surface area contributed by atoms with Crippen LogP contribution in [0.1, 0.15) is 30.4 Å². The van der Waals surface area contributed by atoms with Crippen LogP contribution in [0.4, 0.5) is 0 Å². The van der Waals surface area contributed by atoms with Crippen LogP contribution in [0.2, 0.25) is 0 Å². The first-order valence-corrected chi connectivity index (χ1v) is 8.55. The first-order chi connectivity index (χ1) is 12.7. The van der Waals surface area contributed by atoms with E-state index in [1.807, 2.05) is 0 Å². The van der Waals surface area contributed by atoms with Gasteiger partial charge in [-0.15, -0.1) is 0 Å². The lowest BCUT2D eigenvalue weighted by atomic mass is 10.3. The van der Waals surface area contributed by atoms with E-state index in [-0.39, 0.29) is 31.0 Å². The summed E-state index contributed by atoms with van der Waals surface area (Å²) in [5, 5.41) is 6.53. The Morgan fingerprint density at radius 2 is 2.08 bits per heavy atom. The maximum Gasteiger partial charge on any atom is 0.316 e. The highest BCUT2D eigenvalue weighted by atomic mass is 16.7. The number of hydrogen-bond donors (Lipinski definition) is 1. The van der Waals surface area contributed by atoms with Crippen molar-refractivity contribution in [2.24, 2.45) is 0 Å². The van der Waals surface area contributed by atoms with Crippen molar-refractivity contribution in [3.63, 3.8) is 0 Å². The Morgan fingerprint density at radius 3 is 2.88 bits per heavy atom. The molecule has 2 aromatic rings. The highest BCUT2D eigenvalue weighted by molar-refractivity contribution is 5.89. The number of hydrogen-bond acceptors (Lipinski definition) is 8. The molecule has 1 N–H and O–H groups in total. The topological polar surface area (TPSA) is 99.0 Å². The lowest BCUT2D eigenvalue weighted by Gasteiger charge is -2.17. The van der Waals surface area contributed by atoms with E-state index in [9.17, 15) is 4.79 Å². The molecule has 3 rings (SSSR count). The summed E-state index contributed by atoms with van der Waals surface area (Å²) in [7, 11) is 0. The molecule has 1 aromatic carbocycles. The Morgan fingerprint density at radius 1 is 1.27 bits per heavy atom. The summed E-state index contributed by atoms with van der Waals surface area (Å²) in [6, 6.07) is 5.25. The van der Waals surface area contributed by atoms with Gasteiger partial charge >= 0.3 is 11.8 Å². The normalized spacial score (nSPS) is 12.4. The Kier molecular flexibility index (Phi) is 5.90. The summed E-state index contributed by atoms with van der Waals surface area (Å²) >= 11 is 0. The van der Waals surface area contributed by atoms with Crippen molar-refractivity contribution < 1.29 is 23.5 Å². The van der Waals surface area contributed by atoms with E-state index in [2.05, 4.69) is 34.2 Å². The van der Waals surface area contributed by atoms with Gasteiger partial charge in [-0.3, -0.25) is 4.79 Å². The third kappa shape index (κ3) is 4.42.